The molecule has 1 rings (SSSR count). The molecule has 1 aliphatic rings. The van der Waals surface area contributed by atoms with Crippen LogP contribution >= 0.6 is 11.8 Å². The van der Waals surface area contributed by atoms with Gasteiger partial charge in [-0.3, -0.25) is 0 Å². The molecule has 2 nitrogen and oxygen atoms in total. The Morgan fingerprint density at radius 1 is 1.21 bits per heavy atom. The maximum absolute atomic E-state index is 3.72. The van der Waals surface area contributed by atoms with Crippen molar-refractivity contribution in [2.75, 3.05) is 45.2 Å². The van der Waals surface area contributed by atoms with E-state index in [9.17, 15) is 0 Å². The number of hydrogen-bond acceptors (Lipinski definition) is 3. The molecule has 1 aliphatic carbocycles. The van der Waals surface area contributed by atoms with Crippen molar-refractivity contribution in [1.82, 2.24) is 10.2 Å². The largest absolute Gasteiger partial charge is 0.316 e. The van der Waals surface area contributed by atoms with Gasteiger partial charge in [0.25, 0.3) is 0 Å². The Bertz CT molecular complexity index is 225. The average molecular weight is 287 g/mol. The molecule has 0 saturated heterocycles. The highest BCUT2D eigenvalue weighted by Crippen LogP contribution is 2.36. The lowest BCUT2D eigenvalue weighted by molar-refractivity contribution is 0.120. The van der Waals surface area contributed by atoms with Crippen molar-refractivity contribution in [2.24, 2.45) is 11.3 Å². The van der Waals surface area contributed by atoms with Crippen LogP contribution in [0.4, 0.5) is 0 Å². The van der Waals surface area contributed by atoms with E-state index in [1.807, 2.05) is 11.8 Å². The van der Waals surface area contributed by atoms with E-state index in [4.69, 9.17) is 0 Å². The zero-order valence-electron chi connectivity index (χ0n) is 13.5. The second kappa shape index (κ2) is 9.25. The van der Waals surface area contributed by atoms with Crippen molar-refractivity contribution >= 4 is 11.8 Å². The summed E-state index contributed by atoms with van der Waals surface area (Å²) >= 11 is 1.96. The summed E-state index contributed by atoms with van der Waals surface area (Å²) < 4.78 is 0. The van der Waals surface area contributed by atoms with Gasteiger partial charge in [0.1, 0.15) is 0 Å². The maximum Gasteiger partial charge on any atom is 0.00694 e. The fourth-order valence-corrected chi connectivity index (χ4v) is 3.71. The predicted octanol–water partition coefficient (Wildman–Crippen LogP) is 3.48. The Balaban J connectivity index is 2.44. The van der Waals surface area contributed by atoms with Gasteiger partial charge in [-0.15, -0.1) is 0 Å². The molecule has 3 heteroatoms. The van der Waals surface area contributed by atoms with Gasteiger partial charge in [-0.1, -0.05) is 33.1 Å². The van der Waals surface area contributed by atoms with Crippen molar-refractivity contribution < 1.29 is 0 Å². The minimum absolute atomic E-state index is 0.542. The molecule has 0 heterocycles. The second-order valence-electron chi connectivity index (χ2n) is 6.82. The number of rotatable bonds is 9. The van der Waals surface area contributed by atoms with Gasteiger partial charge in [-0.2, -0.15) is 11.8 Å². The zero-order valence-corrected chi connectivity index (χ0v) is 14.3. The van der Waals surface area contributed by atoms with Crippen LogP contribution in [-0.2, 0) is 0 Å². The van der Waals surface area contributed by atoms with Crippen LogP contribution in [0.3, 0.4) is 0 Å². The Kier molecular flexibility index (Phi) is 8.43. The number of nitrogens with zero attached hydrogens (tertiary/aromatic N) is 1. The highest BCUT2D eigenvalue weighted by molar-refractivity contribution is 7.98. The molecular formula is C16H34N2S. The smallest absolute Gasteiger partial charge is 0.00694 e. The Labute approximate surface area is 125 Å². The molecule has 19 heavy (non-hydrogen) atoms. The number of nitrogens with one attached hydrogen (secondary N) is 1. The van der Waals surface area contributed by atoms with Crippen molar-refractivity contribution in [3.63, 3.8) is 0 Å². The minimum atomic E-state index is 0.542. The first kappa shape index (κ1) is 17.3. The monoisotopic (exact) mass is 286 g/mol. The van der Waals surface area contributed by atoms with Crippen molar-refractivity contribution in [3.8, 4) is 0 Å². The molecule has 1 fully saturated rings. The maximum atomic E-state index is 3.72. The third kappa shape index (κ3) is 7.01. The quantitative estimate of drug-likeness (QED) is 0.698. The molecule has 0 radical (unpaired) electrons. The predicted molar refractivity (Wildman–Crippen MR) is 89.1 cm³/mol. The molecule has 0 aliphatic heterocycles. The SMILES string of the molecule is CSCCN(C)CC1(CNCC(C)C)CCCCC1. The van der Waals surface area contributed by atoms with Gasteiger partial charge in [0.2, 0.25) is 0 Å². The van der Waals surface area contributed by atoms with Crippen LogP contribution in [0.15, 0.2) is 0 Å². The molecule has 0 amide bonds. The van der Waals surface area contributed by atoms with E-state index >= 15 is 0 Å². The molecule has 0 bridgehead atoms. The third-order valence-corrected chi connectivity index (χ3v) is 4.84. The van der Waals surface area contributed by atoms with E-state index in [1.54, 1.807) is 0 Å². The summed E-state index contributed by atoms with van der Waals surface area (Å²) in [5, 5.41) is 3.72. The molecule has 0 spiro atoms. The van der Waals surface area contributed by atoms with Gasteiger partial charge in [-0.05, 0) is 44.0 Å². The van der Waals surface area contributed by atoms with E-state index in [2.05, 4.69) is 37.4 Å². The van der Waals surface area contributed by atoms with Crippen LogP contribution < -0.4 is 5.32 Å². The Morgan fingerprint density at radius 3 is 2.47 bits per heavy atom. The van der Waals surface area contributed by atoms with E-state index in [0.29, 0.717) is 5.41 Å². The van der Waals surface area contributed by atoms with E-state index in [1.165, 1.54) is 57.5 Å². The standard InChI is InChI=1S/C16H34N2S/c1-15(2)12-17-13-16(8-6-5-7-9-16)14-18(3)10-11-19-4/h15,17H,5-14H2,1-4H3. The highest BCUT2D eigenvalue weighted by atomic mass is 32.2. The minimum Gasteiger partial charge on any atom is -0.316 e. The Hall–Kier alpha value is 0.270. The second-order valence-corrected chi connectivity index (χ2v) is 7.80. The Morgan fingerprint density at radius 2 is 1.89 bits per heavy atom. The fourth-order valence-electron chi connectivity index (χ4n) is 3.22. The zero-order chi connectivity index (χ0) is 14.1. The molecule has 0 atom stereocenters. The fraction of sp³-hybridized carbons (Fsp3) is 1.00. The van der Waals surface area contributed by atoms with Crippen LogP contribution in [0.1, 0.15) is 46.0 Å². The van der Waals surface area contributed by atoms with E-state index in [0.717, 1.165) is 12.5 Å². The summed E-state index contributed by atoms with van der Waals surface area (Å²) in [5.74, 6) is 2.02. The summed E-state index contributed by atoms with van der Waals surface area (Å²) in [6.45, 7) is 9.48. The number of thioether (sulfide) groups is 1. The summed E-state index contributed by atoms with van der Waals surface area (Å²) in [6.07, 6.45) is 9.34. The highest BCUT2D eigenvalue weighted by Gasteiger charge is 2.32. The topological polar surface area (TPSA) is 15.3 Å². The van der Waals surface area contributed by atoms with Gasteiger partial charge < -0.3 is 10.2 Å². The third-order valence-electron chi connectivity index (χ3n) is 4.25. The van der Waals surface area contributed by atoms with E-state index in [-0.39, 0.29) is 0 Å². The van der Waals surface area contributed by atoms with Crippen molar-refractivity contribution in [2.45, 2.75) is 46.0 Å². The summed E-state index contributed by atoms with van der Waals surface area (Å²) in [4.78, 5) is 2.55. The van der Waals surface area contributed by atoms with Crippen molar-refractivity contribution in [1.29, 1.82) is 0 Å². The summed E-state index contributed by atoms with van der Waals surface area (Å²) in [5.41, 5.74) is 0.542. The lowest BCUT2D eigenvalue weighted by Crippen LogP contribution is -2.45. The van der Waals surface area contributed by atoms with E-state index < -0.39 is 0 Å². The lowest BCUT2D eigenvalue weighted by Gasteiger charge is -2.40. The van der Waals surface area contributed by atoms with Gasteiger partial charge >= 0.3 is 0 Å². The van der Waals surface area contributed by atoms with Gasteiger partial charge in [0.15, 0.2) is 0 Å². The lowest BCUT2D eigenvalue weighted by atomic mass is 9.73. The molecule has 0 unspecified atom stereocenters. The van der Waals surface area contributed by atoms with Crippen molar-refractivity contribution in [3.05, 3.63) is 0 Å². The van der Waals surface area contributed by atoms with Gasteiger partial charge in [0.05, 0.1) is 0 Å². The molecule has 0 aromatic rings. The van der Waals surface area contributed by atoms with Crippen LogP contribution in [0.25, 0.3) is 0 Å². The van der Waals surface area contributed by atoms with Crippen LogP contribution in [0, 0.1) is 11.3 Å². The molecule has 1 saturated carbocycles. The molecule has 114 valence electrons. The summed E-state index contributed by atoms with van der Waals surface area (Å²) in [6, 6.07) is 0. The summed E-state index contributed by atoms with van der Waals surface area (Å²) in [7, 11) is 2.30. The van der Waals surface area contributed by atoms with Crippen LogP contribution in [0.5, 0.6) is 0 Å². The first-order chi connectivity index (χ1) is 9.08. The first-order valence-electron chi connectivity index (χ1n) is 7.96. The molecular weight excluding hydrogens is 252 g/mol. The normalized spacial score (nSPS) is 19.3. The van der Waals surface area contributed by atoms with Gasteiger partial charge in [-0.25, -0.2) is 0 Å². The van der Waals surface area contributed by atoms with Crippen LogP contribution in [0.2, 0.25) is 0 Å². The molecule has 1 N–H and O–H groups in total. The molecule has 0 aromatic carbocycles. The van der Waals surface area contributed by atoms with Crippen LogP contribution in [-0.4, -0.2) is 50.1 Å². The molecule has 0 aromatic heterocycles. The number of hydrogen-bond donors (Lipinski definition) is 1. The van der Waals surface area contributed by atoms with Gasteiger partial charge in [0, 0.05) is 25.4 Å². The average Bonchev–Trinajstić information content (AvgIpc) is 2.37. The first-order valence-corrected chi connectivity index (χ1v) is 9.35.